The van der Waals surface area contributed by atoms with E-state index in [1.165, 1.54) is 17.8 Å². The highest BCUT2D eigenvalue weighted by molar-refractivity contribution is 7.99. The molecule has 0 saturated heterocycles. The van der Waals surface area contributed by atoms with Crippen molar-refractivity contribution in [2.75, 3.05) is 5.75 Å². The smallest absolute Gasteiger partial charge is 0.251 e. The van der Waals surface area contributed by atoms with E-state index in [4.69, 9.17) is 0 Å². The number of H-pyrrole nitrogens is 1. The highest BCUT2D eigenvalue weighted by Crippen LogP contribution is 2.42. The number of rotatable bonds is 6. The van der Waals surface area contributed by atoms with Gasteiger partial charge in [-0.05, 0) is 39.5 Å². The quantitative estimate of drug-likeness (QED) is 0.617. The zero-order valence-corrected chi connectivity index (χ0v) is 12.9. The van der Waals surface area contributed by atoms with E-state index in [0.29, 0.717) is 22.5 Å². The highest BCUT2D eigenvalue weighted by atomic mass is 32.2. The van der Waals surface area contributed by atoms with E-state index in [1.807, 2.05) is 13.8 Å². The first-order valence-electron chi connectivity index (χ1n) is 6.85. The summed E-state index contributed by atoms with van der Waals surface area (Å²) in [5, 5.41) is 13.6. The zero-order valence-electron chi connectivity index (χ0n) is 12.1. The van der Waals surface area contributed by atoms with Crippen LogP contribution in [0.4, 0.5) is 0 Å². The van der Waals surface area contributed by atoms with Gasteiger partial charge >= 0.3 is 0 Å². The minimum Gasteiger partial charge on any atom is -0.301 e. The summed E-state index contributed by atoms with van der Waals surface area (Å²) >= 11 is 1.44. The van der Waals surface area contributed by atoms with Crippen LogP contribution in [0.5, 0.6) is 0 Å². The molecule has 2 N–H and O–H groups in total. The number of aryl methyl sites for hydroxylation is 1. The summed E-state index contributed by atoms with van der Waals surface area (Å²) in [5.74, 6) is 0.998. The van der Waals surface area contributed by atoms with Crippen molar-refractivity contribution in [3.05, 3.63) is 22.1 Å². The molecule has 1 aromatic rings. The summed E-state index contributed by atoms with van der Waals surface area (Å²) in [6, 6.07) is 4.17. The second kappa shape index (κ2) is 5.98. The summed E-state index contributed by atoms with van der Waals surface area (Å²) in [4.78, 5) is 18.5. The number of nitrogens with zero attached hydrogens (tertiary/aromatic N) is 2. The number of aromatic nitrogens is 2. The summed E-state index contributed by atoms with van der Waals surface area (Å²) in [6.07, 6.45) is 2.18. The molecule has 2 rings (SSSR count). The SMILES string of the molecule is Cc1cc(=O)[nH]c(SCC(C#N)(NC(C)C)C2CC2)n1. The van der Waals surface area contributed by atoms with E-state index in [2.05, 4.69) is 21.4 Å². The van der Waals surface area contributed by atoms with Gasteiger partial charge in [0.05, 0.1) is 6.07 Å². The van der Waals surface area contributed by atoms with Crippen LogP contribution in [0.15, 0.2) is 16.0 Å². The minimum absolute atomic E-state index is 0.147. The van der Waals surface area contributed by atoms with E-state index in [9.17, 15) is 10.1 Å². The van der Waals surface area contributed by atoms with Gasteiger partial charge in [-0.2, -0.15) is 5.26 Å². The third-order valence-corrected chi connectivity index (χ3v) is 4.37. The Bertz CT molecular complexity index is 573. The molecule has 0 aliphatic heterocycles. The number of thioether (sulfide) groups is 1. The van der Waals surface area contributed by atoms with Gasteiger partial charge < -0.3 is 4.98 Å². The lowest BCUT2D eigenvalue weighted by molar-refractivity contribution is 0.370. The molecule has 108 valence electrons. The molecule has 1 fully saturated rings. The lowest BCUT2D eigenvalue weighted by Crippen LogP contribution is -2.51. The van der Waals surface area contributed by atoms with Crippen LogP contribution in [0.3, 0.4) is 0 Å². The number of nitriles is 1. The van der Waals surface area contributed by atoms with Crippen molar-refractivity contribution >= 4 is 11.8 Å². The first-order valence-corrected chi connectivity index (χ1v) is 7.83. The lowest BCUT2D eigenvalue weighted by atomic mass is 9.96. The molecule has 1 aliphatic carbocycles. The predicted molar refractivity (Wildman–Crippen MR) is 79.7 cm³/mol. The molecule has 1 heterocycles. The molecule has 1 atom stereocenters. The first-order chi connectivity index (χ1) is 9.45. The van der Waals surface area contributed by atoms with Crippen LogP contribution >= 0.6 is 11.8 Å². The fraction of sp³-hybridized carbons (Fsp3) is 0.643. The van der Waals surface area contributed by atoms with Gasteiger partial charge in [0.25, 0.3) is 5.56 Å². The van der Waals surface area contributed by atoms with Gasteiger partial charge in [0.2, 0.25) is 0 Å². The molecule has 1 saturated carbocycles. The van der Waals surface area contributed by atoms with Crippen molar-refractivity contribution < 1.29 is 0 Å². The Balaban J connectivity index is 2.12. The largest absolute Gasteiger partial charge is 0.301 e. The first kappa shape index (κ1) is 15.1. The standard InChI is InChI=1S/C14H20N4OS/c1-9(2)18-14(7-15,11-4-5-11)8-20-13-16-10(3)6-12(19)17-13/h6,9,11,18H,4-5,8H2,1-3H3,(H,16,17,19). The summed E-state index contributed by atoms with van der Waals surface area (Å²) < 4.78 is 0. The van der Waals surface area contributed by atoms with Gasteiger partial charge in [-0.1, -0.05) is 11.8 Å². The molecule has 1 aliphatic rings. The number of hydrogen-bond donors (Lipinski definition) is 2. The monoisotopic (exact) mass is 292 g/mol. The molecule has 20 heavy (non-hydrogen) atoms. The molecule has 1 unspecified atom stereocenters. The van der Waals surface area contributed by atoms with E-state index in [0.717, 1.165) is 12.8 Å². The van der Waals surface area contributed by atoms with Gasteiger partial charge in [-0.3, -0.25) is 10.1 Å². The number of nitrogens with one attached hydrogen (secondary N) is 2. The van der Waals surface area contributed by atoms with Gasteiger partial charge in [-0.15, -0.1) is 0 Å². The average molecular weight is 292 g/mol. The van der Waals surface area contributed by atoms with Crippen LogP contribution in [0, 0.1) is 24.2 Å². The molecule has 0 amide bonds. The topological polar surface area (TPSA) is 81.6 Å². The third kappa shape index (κ3) is 3.62. The Kier molecular flexibility index (Phi) is 4.51. The second-order valence-electron chi connectivity index (χ2n) is 5.64. The molecular weight excluding hydrogens is 272 g/mol. The third-order valence-electron chi connectivity index (χ3n) is 3.30. The van der Waals surface area contributed by atoms with E-state index < -0.39 is 5.54 Å². The number of hydrogen-bond acceptors (Lipinski definition) is 5. The van der Waals surface area contributed by atoms with Gasteiger partial charge in [0.15, 0.2) is 5.16 Å². The van der Waals surface area contributed by atoms with E-state index >= 15 is 0 Å². The van der Waals surface area contributed by atoms with Crippen LogP contribution in [-0.2, 0) is 0 Å². The molecule has 1 aromatic heterocycles. The minimum atomic E-state index is -0.527. The van der Waals surface area contributed by atoms with Crippen molar-refractivity contribution in [1.82, 2.24) is 15.3 Å². The Morgan fingerprint density at radius 3 is 2.85 bits per heavy atom. The molecule has 5 nitrogen and oxygen atoms in total. The Hall–Kier alpha value is -1.32. The maximum atomic E-state index is 11.4. The Morgan fingerprint density at radius 1 is 1.65 bits per heavy atom. The van der Waals surface area contributed by atoms with Gasteiger partial charge in [-0.25, -0.2) is 4.98 Å². The van der Waals surface area contributed by atoms with E-state index in [1.54, 1.807) is 6.92 Å². The molecule has 0 bridgehead atoms. The van der Waals surface area contributed by atoms with Gasteiger partial charge in [0, 0.05) is 23.6 Å². The van der Waals surface area contributed by atoms with Crippen molar-refractivity contribution in [2.24, 2.45) is 5.92 Å². The maximum Gasteiger partial charge on any atom is 0.251 e. The van der Waals surface area contributed by atoms with Crippen LogP contribution in [0.25, 0.3) is 0 Å². The molecular formula is C14H20N4OS. The van der Waals surface area contributed by atoms with Crippen molar-refractivity contribution in [3.63, 3.8) is 0 Å². The predicted octanol–water partition coefficient (Wildman–Crippen LogP) is 1.84. The molecule has 0 radical (unpaired) electrons. The number of aromatic amines is 1. The average Bonchev–Trinajstić information content (AvgIpc) is 3.17. The van der Waals surface area contributed by atoms with Crippen molar-refractivity contribution in [2.45, 2.75) is 50.4 Å². The Morgan fingerprint density at radius 2 is 2.35 bits per heavy atom. The van der Waals surface area contributed by atoms with E-state index in [-0.39, 0.29) is 11.6 Å². The van der Waals surface area contributed by atoms with Crippen LogP contribution in [-0.4, -0.2) is 27.3 Å². The van der Waals surface area contributed by atoms with Crippen LogP contribution in [0.1, 0.15) is 32.4 Å². The molecule has 0 aromatic carbocycles. The summed E-state index contributed by atoms with van der Waals surface area (Å²) in [5.41, 5.74) is 0.0223. The maximum absolute atomic E-state index is 11.4. The lowest BCUT2D eigenvalue weighted by Gasteiger charge is -2.29. The molecule has 6 heteroatoms. The van der Waals surface area contributed by atoms with Crippen molar-refractivity contribution in [1.29, 1.82) is 5.26 Å². The Labute approximate surface area is 123 Å². The molecule has 0 spiro atoms. The summed E-state index contributed by atoms with van der Waals surface area (Å²) in [6.45, 7) is 5.89. The van der Waals surface area contributed by atoms with Crippen LogP contribution in [0.2, 0.25) is 0 Å². The van der Waals surface area contributed by atoms with Crippen molar-refractivity contribution in [3.8, 4) is 6.07 Å². The normalized spacial score (nSPS) is 17.8. The van der Waals surface area contributed by atoms with Crippen LogP contribution < -0.4 is 10.9 Å². The fourth-order valence-electron chi connectivity index (χ4n) is 2.33. The second-order valence-corrected chi connectivity index (χ2v) is 6.60. The highest BCUT2D eigenvalue weighted by Gasteiger charge is 2.46. The fourth-order valence-corrected chi connectivity index (χ4v) is 3.46. The summed E-state index contributed by atoms with van der Waals surface area (Å²) in [7, 11) is 0. The van der Waals surface area contributed by atoms with Gasteiger partial charge in [0.1, 0.15) is 5.54 Å². The zero-order chi connectivity index (χ0) is 14.8.